The van der Waals surface area contributed by atoms with Crippen molar-refractivity contribution in [1.82, 2.24) is 15.1 Å². The maximum Gasteiger partial charge on any atom is 0.267 e. The van der Waals surface area contributed by atoms with E-state index in [-0.39, 0.29) is 29.9 Å². The highest BCUT2D eigenvalue weighted by molar-refractivity contribution is 5.79. The number of aliphatic hydroxyl groups excluding tert-OH is 1. The van der Waals surface area contributed by atoms with Crippen LogP contribution in [-0.4, -0.2) is 45.3 Å². The minimum Gasteiger partial charge on any atom is -0.392 e. The summed E-state index contributed by atoms with van der Waals surface area (Å²) in [7, 11) is 0. The molecule has 0 bridgehead atoms. The molecule has 134 valence electrons. The number of hydrogen-bond donors (Lipinski definition) is 3. The van der Waals surface area contributed by atoms with Gasteiger partial charge in [0.25, 0.3) is 5.56 Å². The average molecular weight is 343 g/mol. The first-order chi connectivity index (χ1) is 12.0. The van der Waals surface area contributed by atoms with Crippen LogP contribution >= 0.6 is 0 Å². The number of hydrogen-bond acceptors (Lipinski definition) is 3. The lowest BCUT2D eigenvalue weighted by Crippen LogP contribution is -2.42. The van der Waals surface area contributed by atoms with Crippen LogP contribution in [0.2, 0.25) is 0 Å². The number of nitrogens with one attached hydrogen (secondary N) is 2. The van der Waals surface area contributed by atoms with Gasteiger partial charge in [-0.15, -0.1) is 0 Å². The lowest BCUT2D eigenvalue weighted by Gasteiger charge is -2.34. The largest absolute Gasteiger partial charge is 0.392 e. The summed E-state index contributed by atoms with van der Waals surface area (Å²) >= 11 is 0. The number of amides is 1. The Balaban J connectivity index is 1.51. The van der Waals surface area contributed by atoms with E-state index in [1.807, 2.05) is 30.3 Å². The summed E-state index contributed by atoms with van der Waals surface area (Å²) in [5.74, 6) is 0.186. The summed E-state index contributed by atoms with van der Waals surface area (Å²) in [6, 6.07) is 9.98. The fourth-order valence-corrected chi connectivity index (χ4v) is 3.50. The predicted octanol–water partition coefficient (Wildman–Crippen LogP) is 1.40. The standard InChI is InChI=1S/C19H25N3O3/c1-13-16(19(25)21-20-13)12-18(24)22-9-7-15(8-10-22)17(23)11-14-5-3-2-4-6-14/h2-6,15,17,23H,7-12H2,1H3,(H2,20,21,25)/t17-/m1/s1. The second kappa shape index (κ2) is 7.70. The fraction of sp³-hybridized carbons (Fsp3) is 0.474. The van der Waals surface area contributed by atoms with Gasteiger partial charge in [0.05, 0.1) is 12.5 Å². The van der Waals surface area contributed by atoms with Crippen LogP contribution in [0.5, 0.6) is 0 Å². The zero-order valence-electron chi connectivity index (χ0n) is 14.5. The minimum absolute atomic E-state index is 0.0239. The second-order valence-corrected chi connectivity index (χ2v) is 6.83. The molecule has 3 N–H and O–H groups in total. The van der Waals surface area contributed by atoms with Gasteiger partial charge in [0, 0.05) is 24.3 Å². The van der Waals surface area contributed by atoms with Gasteiger partial charge in [0.2, 0.25) is 5.91 Å². The highest BCUT2D eigenvalue weighted by Crippen LogP contribution is 2.23. The summed E-state index contributed by atoms with van der Waals surface area (Å²) in [5.41, 5.74) is 2.14. The molecule has 6 nitrogen and oxygen atoms in total. The molecular formula is C19H25N3O3. The molecule has 1 aliphatic heterocycles. The first-order valence-corrected chi connectivity index (χ1v) is 8.80. The molecule has 0 aliphatic carbocycles. The zero-order valence-corrected chi connectivity index (χ0v) is 14.5. The molecule has 6 heteroatoms. The Morgan fingerprint density at radius 2 is 1.92 bits per heavy atom. The number of aromatic amines is 2. The molecule has 0 saturated carbocycles. The Morgan fingerprint density at radius 1 is 1.24 bits per heavy atom. The van der Waals surface area contributed by atoms with Gasteiger partial charge in [-0.3, -0.25) is 14.7 Å². The third-order valence-electron chi connectivity index (χ3n) is 5.14. The van der Waals surface area contributed by atoms with Gasteiger partial charge in [-0.2, -0.15) is 0 Å². The average Bonchev–Trinajstić information content (AvgIpc) is 2.94. The van der Waals surface area contributed by atoms with E-state index >= 15 is 0 Å². The van der Waals surface area contributed by atoms with Crippen LogP contribution in [0, 0.1) is 12.8 Å². The van der Waals surface area contributed by atoms with Gasteiger partial charge < -0.3 is 15.1 Å². The van der Waals surface area contributed by atoms with Crippen LogP contribution < -0.4 is 5.56 Å². The van der Waals surface area contributed by atoms with E-state index in [0.717, 1.165) is 18.4 Å². The number of rotatable bonds is 5. The normalized spacial score (nSPS) is 16.8. The first-order valence-electron chi connectivity index (χ1n) is 8.80. The van der Waals surface area contributed by atoms with E-state index in [1.54, 1.807) is 11.8 Å². The lowest BCUT2D eigenvalue weighted by atomic mass is 9.88. The number of aromatic nitrogens is 2. The Kier molecular flexibility index (Phi) is 5.38. The Hall–Kier alpha value is -2.34. The van der Waals surface area contributed by atoms with Gasteiger partial charge in [-0.1, -0.05) is 30.3 Å². The number of benzene rings is 1. The summed E-state index contributed by atoms with van der Waals surface area (Å²) in [6.07, 6.45) is 1.98. The van der Waals surface area contributed by atoms with Crippen LogP contribution in [0.1, 0.15) is 29.7 Å². The van der Waals surface area contributed by atoms with Gasteiger partial charge in [0.15, 0.2) is 0 Å². The number of piperidine rings is 1. The van der Waals surface area contributed by atoms with E-state index in [4.69, 9.17) is 0 Å². The second-order valence-electron chi connectivity index (χ2n) is 6.83. The monoisotopic (exact) mass is 343 g/mol. The molecule has 0 unspecified atom stereocenters. The molecule has 1 aliphatic rings. The highest BCUT2D eigenvalue weighted by Gasteiger charge is 2.28. The van der Waals surface area contributed by atoms with Crippen molar-refractivity contribution >= 4 is 5.91 Å². The van der Waals surface area contributed by atoms with Crippen molar-refractivity contribution in [3.05, 3.63) is 57.5 Å². The van der Waals surface area contributed by atoms with E-state index in [9.17, 15) is 14.7 Å². The quantitative estimate of drug-likeness (QED) is 0.766. The number of aliphatic hydroxyl groups is 1. The molecule has 0 spiro atoms. The summed E-state index contributed by atoms with van der Waals surface area (Å²) < 4.78 is 0. The van der Waals surface area contributed by atoms with Crippen LogP contribution in [0.4, 0.5) is 0 Å². The minimum atomic E-state index is -0.380. The van der Waals surface area contributed by atoms with Crippen molar-refractivity contribution in [1.29, 1.82) is 0 Å². The third kappa shape index (κ3) is 4.20. The molecule has 1 fully saturated rings. The van der Waals surface area contributed by atoms with Gasteiger partial charge >= 0.3 is 0 Å². The van der Waals surface area contributed by atoms with Crippen molar-refractivity contribution in [3.8, 4) is 0 Å². The molecule has 1 aromatic carbocycles. The number of likely N-dealkylation sites (tertiary alicyclic amines) is 1. The molecule has 1 saturated heterocycles. The molecule has 1 atom stereocenters. The maximum atomic E-state index is 12.4. The third-order valence-corrected chi connectivity index (χ3v) is 5.14. The van der Waals surface area contributed by atoms with Crippen LogP contribution in [0.15, 0.2) is 35.1 Å². The Labute approximate surface area is 146 Å². The molecular weight excluding hydrogens is 318 g/mol. The van der Waals surface area contributed by atoms with Crippen LogP contribution in [-0.2, 0) is 17.6 Å². The van der Waals surface area contributed by atoms with Crippen molar-refractivity contribution in [2.75, 3.05) is 13.1 Å². The van der Waals surface area contributed by atoms with E-state index in [2.05, 4.69) is 10.2 Å². The fourth-order valence-electron chi connectivity index (χ4n) is 3.50. The van der Waals surface area contributed by atoms with Crippen molar-refractivity contribution in [2.45, 2.75) is 38.7 Å². The Bertz CT molecular complexity index is 758. The molecule has 3 rings (SSSR count). The molecule has 1 aromatic heterocycles. The number of H-pyrrole nitrogens is 2. The highest BCUT2D eigenvalue weighted by atomic mass is 16.3. The van der Waals surface area contributed by atoms with Crippen LogP contribution in [0.25, 0.3) is 0 Å². The van der Waals surface area contributed by atoms with Gasteiger partial charge in [0.1, 0.15) is 0 Å². The predicted molar refractivity (Wildman–Crippen MR) is 95.3 cm³/mol. The van der Waals surface area contributed by atoms with Gasteiger partial charge in [-0.25, -0.2) is 0 Å². The van der Waals surface area contributed by atoms with E-state index in [0.29, 0.717) is 30.8 Å². The molecule has 1 amide bonds. The van der Waals surface area contributed by atoms with Crippen molar-refractivity contribution < 1.29 is 9.90 Å². The van der Waals surface area contributed by atoms with Crippen molar-refractivity contribution in [3.63, 3.8) is 0 Å². The molecule has 0 radical (unpaired) electrons. The van der Waals surface area contributed by atoms with Gasteiger partial charge in [-0.05, 0) is 37.7 Å². The van der Waals surface area contributed by atoms with Crippen LogP contribution in [0.3, 0.4) is 0 Å². The number of nitrogens with zero attached hydrogens (tertiary/aromatic N) is 1. The Morgan fingerprint density at radius 3 is 2.52 bits per heavy atom. The van der Waals surface area contributed by atoms with E-state index < -0.39 is 0 Å². The van der Waals surface area contributed by atoms with E-state index in [1.165, 1.54) is 0 Å². The van der Waals surface area contributed by atoms with Crippen molar-refractivity contribution in [2.24, 2.45) is 5.92 Å². The molecule has 25 heavy (non-hydrogen) atoms. The summed E-state index contributed by atoms with van der Waals surface area (Å²) in [4.78, 5) is 25.9. The number of carbonyl (C=O) groups is 1. The maximum absolute atomic E-state index is 12.4. The zero-order chi connectivity index (χ0) is 17.8. The lowest BCUT2D eigenvalue weighted by molar-refractivity contribution is -0.132. The SMILES string of the molecule is Cc1[nH][nH]c(=O)c1CC(=O)N1CCC([C@H](O)Cc2ccccc2)CC1. The molecule has 2 aromatic rings. The molecule has 2 heterocycles. The number of carbonyl (C=O) groups excluding carboxylic acids is 1. The first kappa shape index (κ1) is 17.5. The topological polar surface area (TPSA) is 89.2 Å². The smallest absolute Gasteiger partial charge is 0.267 e. The summed E-state index contributed by atoms with van der Waals surface area (Å²) in [6.45, 7) is 3.06. The summed E-state index contributed by atoms with van der Waals surface area (Å²) in [5, 5.41) is 15.7. The number of aryl methyl sites for hydroxylation is 1.